The first-order chi connectivity index (χ1) is 12.4. The van der Waals surface area contributed by atoms with E-state index in [4.69, 9.17) is 0 Å². The summed E-state index contributed by atoms with van der Waals surface area (Å²) in [6.07, 6.45) is 3.92. The monoisotopic (exact) mass is 381 g/mol. The SMILES string of the molecule is CN1CCC(CN(C)c2ccc(S(=O)(=O)N3CCN(C)CC3)cn2)CC1. The van der Waals surface area contributed by atoms with Gasteiger partial charge in [-0.3, -0.25) is 0 Å². The van der Waals surface area contributed by atoms with Crippen molar-refractivity contribution in [3.8, 4) is 0 Å². The lowest BCUT2D eigenvalue weighted by Gasteiger charge is -2.32. The van der Waals surface area contributed by atoms with Crippen molar-refractivity contribution in [1.82, 2.24) is 19.1 Å². The first-order valence-corrected chi connectivity index (χ1v) is 10.8. The number of hydrogen-bond donors (Lipinski definition) is 0. The van der Waals surface area contributed by atoms with Gasteiger partial charge >= 0.3 is 0 Å². The fourth-order valence-corrected chi connectivity index (χ4v) is 5.02. The van der Waals surface area contributed by atoms with E-state index in [1.54, 1.807) is 10.4 Å². The first kappa shape index (κ1) is 19.5. The molecule has 2 aliphatic heterocycles. The summed E-state index contributed by atoms with van der Waals surface area (Å²) >= 11 is 0. The molecule has 0 N–H and O–H groups in total. The number of sulfonamides is 1. The number of likely N-dealkylation sites (tertiary alicyclic amines) is 1. The Morgan fingerprint density at radius 1 is 1.04 bits per heavy atom. The zero-order valence-electron chi connectivity index (χ0n) is 16.1. The molecular weight excluding hydrogens is 350 g/mol. The van der Waals surface area contributed by atoms with E-state index in [0.29, 0.717) is 23.9 Å². The number of likely N-dealkylation sites (N-methyl/N-ethyl adjacent to an activating group) is 1. The average Bonchev–Trinajstić information content (AvgIpc) is 2.64. The number of nitrogens with zero attached hydrogens (tertiary/aromatic N) is 5. The highest BCUT2D eigenvalue weighted by molar-refractivity contribution is 7.89. The number of piperazine rings is 1. The standard InChI is InChI=1S/C18H31N5O2S/c1-20-8-6-16(7-9-20)15-22(3)18-5-4-17(14-19-18)26(24,25)23-12-10-21(2)11-13-23/h4-5,14,16H,6-13,15H2,1-3H3. The largest absolute Gasteiger partial charge is 0.359 e. The van der Waals surface area contributed by atoms with Gasteiger partial charge in [0.15, 0.2) is 0 Å². The summed E-state index contributed by atoms with van der Waals surface area (Å²) in [4.78, 5) is 11.4. The number of hydrogen-bond acceptors (Lipinski definition) is 6. The molecule has 0 aromatic carbocycles. The maximum Gasteiger partial charge on any atom is 0.244 e. The summed E-state index contributed by atoms with van der Waals surface area (Å²) in [7, 11) is 2.78. The molecule has 7 nitrogen and oxygen atoms in total. The minimum atomic E-state index is -3.44. The summed E-state index contributed by atoms with van der Waals surface area (Å²) in [5.74, 6) is 1.51. The van der Waals surface area contributed by atoms with Crippen molar-refractivity contribution in [2.45, 2.75) is 17.7 Å². The predicted octanol–water partition coefficient (Wildman–Crippen LogP) is 0.796. The second-order valence-electron chi connectivity index (χ2n) is 7.69. The highest BCUT2D eigenvalue weighted by Gasteiger charge is 2.28. The molecule has 0 spiro atoms. The fraction of sp³-hybridized carbons (Fsp3) is 0.722. The third-order valence-corrected chi connectivity index (χ3v) is 7.46. The summed E-state index contributed by atoms with van der Waals surface area (Å²) in [5.41, 5.74) is 0. The number of piperidine rings is 1. The molecule has 3 rings (SSSR count). The van der Waals surface area contributed by atoms with Crippen LogP contribution < -0.4 is 4.90 Å². The molecule has 26 heavy (non-hydrogen) atoms. The summed E-state index contributed by atoms with van der Waals surface area (Å²) in [5, 5.41) is 0. The molecule has 0 unspecified atom stereocenters. The van der Waals surface area contributed by atoms with E-state index in [1.807, 2.05) is 20.2 Å². The molecule has 146 valence electrons. The highest BCUT2D eigenvalue weighted by Crippen LogP contribution is 2.22. The lowest BCUT2D eigenvalue weighted by molar-refractivity contribution is 0.222. The topological polar surface area (TPSA) is 60.0 Å². The van der Waals surface area contributed by atoms with E-state index < -0.39 is 10.0 Å². The molecule has 2 aliphatic rings. The van der Waals surface area contributed by atoms with Crippen LogP contribution in [0.15, 0.2) is 23.2 Å². The van der Waals surface area contributed by atoms with Gasteiger partial charge in [0.2, 0.25) is 10.0 Å². The van der Waals surface area contributed by atoms with Crippen molar-refractivity contribution in [3.05, 3.63) is 18.3 Å². The quantitative estimate of drug-likeness (QED) is 0.752. The Morgan fingerprint density at radius 3 is 2.23 bits per heavy atom. The zero-order valence-corrected chi connectivity index (χ0v) is 17.0. The Bertz CT molecular complexity index is 678. The normalized spacial score (nSPS) is 21.8. The molecule has 0 saturated carbocycles. The summed E-state index contributed by atoms with van der Waals surface area (Å²) < 4.78 is 27.1. The van der Waals surface area contributed by atoms with Gasteiger partial charge < -0.3 is 14.7 Å². The van der Waals surface area contributed by atoms with E-state index in [-0.39, 0.29) is 0 Å². The number of pyridine rings is 1. The third-order valence-electron chi connectivity index (χ3n) is 5.58. The van der Waals surface area contributed by atoms with Crippen molar-refractivity contribution >= 4 is 15.8 Å². The zero-order chi connectivity index (χ0) is 18.7. The third kappa shape index (κ3) is 4.54. The average molecular weight is 382 g/mol. The molecule has 8 heteroatoms. The molecule has 0 atom stereocenters. The van der Waals surface area contributed by atoms with Crippen LogP contribution in [0, 0.1) is 5.92 Å². The minimum Gasteiger partial charge on any atom is -0.359 e. The lowest BCUT2D eigenvalue weighted by Crippen LogP contribution is -2.47. The number of aromatic nitrogens is 1. The number of anilines is 1. The van der Waals surface area contributed by atoms with Gasteiger partial charge in [-0.2, -0.15) is 4.31 Å². The van der Waals surface area contributed by atoms with Crippen molar-refractivity contribution in [1.29, 1.82) is 0 Å². The van der Waals surface area contributed by atoms with Crippen molar-refractivity contribution in [3.63, 3.8) is 0 Å². The van der Waals surface area contributed by atoms with Gasteiger partial charge in [0.25, 0.3) is 0 Å². The Morgan fingerprint density at radius 2 is 1.65 bits per heavy atom. The van der Waals surface area contributed by atoms with Crippen LogP contribution in [0.4, 0.5) is 5.82 Å². The molecule has 0 radical (unpaired) electrons. The van der Waals surface area contributed by atoms with Crippen molar-refractivity contribution in [2.24, 2.45) is 5.92 Å². The summed E-state index contributed by atoms with van der Waals surface area (Å²) in [6, 6.07) is 3.53. The predicted molar refractivity (Wildman–Crippen MR) is 104 cm³/mol. The second-order valence-corrected chi connectivity index (χ2v) is 9.62. The molecule has 2 saturated heterocycles. The van der Waals surface area contributed by atoms with Gasteiger partial charge in [-0.05, 0) is 58.1 Å². The smallest absolute Gasteiger partial charge is 0.244 e. The van der Waals surface area contributed by atoms with Crippen LogP contribution in [0.3, 0.4) is 0 Å². The Balaban J connectivity index is 1.62. The van der Waals surface area contributed by atoms with Gasteiger partial charge in [0, 0.05) is 46.0 Å². The van der Waals surface area contributed by atoms with Crippen LogP contribution in [0.25, 0.3) is 0 Å². The maximum absolute atomic E-state index is 12.8. The Labute approximate surface area is 157 Å². The van der Waals surface area contributed by atoms with Crippen molar-refractivity contribution < 1.29 is 8.42 Å². The molecule has 3 heterocycles. The first-order valence-electron chi connectivity index (χ1n) is 9.40. The maximum atomic E-state index is 12.8. The van der Waals surface area contributed by atoms with Crippen LogP contribution in [0.1, 0.15) is 12.8 Å². The van der Waals surface area contributed by atoms with Gasteiger partial charge in [-0.15, -0.1) is 0 Å². The summed E-state index contributed by atoms with van der Waals surface area (Å²) in [6.45, 7) is 5.87. The van der Waals surface area contributed by atoms with Gasteiger partial charge in [0.05, 0.1) is 0 Å². The van der Waals surface area contributed by atoms with Crippen LogP contribution in [-0.2, 0) is 10.0 Å². The molecule has 1 aromatic heterocycles. The minimum absolute atomic E-state index is 0.290. The second kappa shape index (κ2) is 8.21. The van der Waals surface area contributed by atoms with Crippen LogP contribution in [-0.4, -0.2) is 94.5 Å². The van der Waals surface area contributed by atoms with Crippen molar-refractivity contribution in [2.75, 3.05) is 71.9 Å². The van der Waals surface area contributed by atoms with Crippen LogP contribution in [0.5, 0.6) is 0 Å². The van der Waals surface area contributed by atoms with E-state index in [9.17, 15) is 8.42 Å². The van der Waals surface area contributed by atoms with E-state index in [2.05, 4.69) is 26.7 Å². The molecule has 0 aliphatic carbocycles. The van der Waals surface area contributed by atoms with Gasteiger partial charge in [-0.1, -0.05) is 0 Å². The van der Waals surface area contributed by atoms with E-state index in [0.717, 1.165) is 38.5 Å². The molecule has 0 amide bonds. The van der Waals surface area contributed by atoms with Gasteiger partial charge in [0.1, 0.15) is 10.7 Å². The molecule has 1 aromatic rings. The lowest BCUT2D eigenvalue weighted by atomic mass is 9.97. The molecule has 0 bridgehead atoms. The number of rotatable bonds is 5. The Kier molecular flexibility index (Phi) is 6.17. The van der Waals surface area contributed by atoms with Crippen LogP contribution >= 0.6 is 0 Å². The van der Waals surface area contributed by atoms with E-state index in [1.165, 1.54) is 19.0 Å². The molecule has 2 fully saturated rings. The van der Waals surface area contributed by atoms with E-state index >= 15 is 0 Å². The fourth-order valence-electron chi connectivity index (χ4n) is 3.65. The van der Waals surface area contributed by atoms with Gasteiger partial charge in [-0.25, -0.2) is 13.4 Å². The molecular formula is C18H31N5O2S. The van der Waals surface area contributed by atoms with Crippen LogP contribution in [0.2, 0.25) is 0 Å². The Hall–Kier alpha value is -1.22. The highest BCUT2D eigenvalue weighted by atomic mass is 32.2.